The molecule has 5 nitrogen and oxygen atoms in total. The van der Waals surface area contributed by atoms with Crippen LogP contribution in [0.5, 0.6) is 0 Å². The average Bonchev–Trinajstić information content (AvgIpc) is 2.92. The van der Waals surface area contributed by atoms with Gasteiger partial charge in [-0.05, 0) is 32.2 Å². The van der Waals surface area contributed by atoms with E-state index in [4.69, 9.17) is 0 Å². The molecule has 0 spiro atoms. The van der Waals surface area contributed by atoms with Crippen molar-refractivity contribution in [3.8, 4) is 0 Å². The average molecular weight is 250 g/mol. The predicted molar refractivity (Wildman–Crippen MR) is 70.4 cm³/mol. The fraction of sp³-hybridized carbons (Fsp3) is 0.692. The Morgan fingerprint density at radius 1 is 1.50 bits per heavy atom. The van der Waals surface area contributed by atoms with E-state index in [0.29, 0.717) is 17.6 Å². The third-order valence-corrected chi connectivity index (χ3v) is 3.80. The fourth-order valence-electron chi connectivity index (χ4n) is 2.69. The molecule has 1 aliphatic carbocycles. The highest BCUT2D eigenvalue weighted by Crippen LogP contribution is 2.23. The van der Waals surface area contributed by atoms with Gasteiger partial charge < -0.3 is 10.2 Å². The first-order valence-electron chi connectivity index (χ1n) is 6.71. The zero-order chi connectivity index (χ0) is 13.0. The molecular weight excluding hydrogens is 228 g/mol. The monoisotopic (exact) mass is 250 g/mol. The van der Waals surface area contributed by atoms with Gasteiger partial charge in [-0.3, -0.25) is 9.89 Å². The Morgan fingerprint density at radius 3 is 2.78 bits per heavy atom. The number of nitrogens with zero attached hydrogens (tertiary/aromatic N) is 2. The predicted octanol–water partition coefficient (Wildman–Crippen LogP) is 1.40. The summed E-state index contributed by atoms with van der Waals surface area (Å²) in [5.74, 6) is 0.0654. The molecule has 0 atom stereocenters. The Bertz CT molecular complexity index is 368. The van der Waals surface area contributed by atoms with Crippen molar-refractivity contribution in [1.29, 1.82) is 0 Å². The summed E-state index contributed by atoms with van der Waals surface area (Å²) in [7, 11) is 1.90. The summed E-state index contributed by atoms with van der Waals surface area (Å²) < 4.78 is 0. The normalized spacial score (nSPS) is 23.9. The lowest BCUT2D eigenvalue weighted by Crippen LogP contribution is -2.43. The van der Waals surface area contributed by atoms with Crippen molar-refractivity contribution in [2.45, 2.75) is 44.7 Å². The van der Waals surface area contributed by atoms with Gasteiger partial charge in [0.2, 0.25) is 0 Å². The van der Waals surface area contributed by atoms with Crippen LogP contribution in [0.4, 0.5) is 0 Å². The molecule has 5 heteroatoms. The summed E-state index contributed by atoms with van der Waals surface area (Å²) in [4.78, 5) is 14.0. The van der Waals surface area contributed by atoms with E-state index < -0.39 is 0 Å². The summed E-state index contributed by atoms with van der Waals surface area (Å²) >= 11 is 0. The lowest BCUT2D eigenvalue weighted by Gasteiger charge is -2.34. The number of hydrogen-bond acceptors (Lipinski definition) is 3. The van der Waals surface area contributed by atoms with Gasteiger partial charge in [-0.2, -0.15) is 5.10 Å². The number of H-pyrrole nitrogens is 1. The van der Waals surface area contributed by atoms with Crippen molar-refractivity contribution in [1.82, 2.24) is 20.4 Å². The van der Waals surface area contributed by atoms with E-state index in [9.17, 15) is 4.79 Å². The van der Waals surface area contributed by atoms with Crippen molar-refractivity contribution < 1.29 is 4.79 Å². The minimum atomic E-state index is 0.0654. The van der Waals surface area contributed by atoms with Gasteiger partial charge in [0, 0.05) is 25.3 Å². The SMILES string of the molecule is CCNC1CCC(N(C)C(=O)c2cn[nH]c2)CC1. The maximum atomic E-state index is 12.2. The van der Waals surface area contributed by atoms with Crippen LogP contribution in [0.3, 0.4) is 0 Å². The van der Waals surface area contributed by atoms with E-state index in [-0.39, 0.29) is 5.91 Å². The minimum Gasteiger partial charge on any atom is -0.339 e. The second-order valence-electron chi connectivity index (χ2n) is 4.97. The molecule has 0 bridgehead atoms. The van der Waals surface area contributed by atoms with E-state index in [1.54, 1.807) is 12.4 Å². The zero-order valence-corrected chi connectivity index (χ0v) is 11.1. The van der Waals surface area contributed by atoms with Gasteiger partial charge in [-0.15, -0.1) is 0 Å². The number of amides is 1. The molecule has 0 radical (unpaired) electrons. The molecule has 0 aliphatic heterocycles. The Labute approximate surface area is 108 Å². The van der Waals surface area contributed by atoms with E-state index in [2.05, 4.69) is 22.4 Å². The van der Waals surface area contributed by atoms with E-state index in [1.165, 1.54) is 0 Å². The van der Waals surface area contributed by atoms with Crippen LogP contribution < -0.4 is 5.32 Å². The maximum Gasteiger partial charge on any atom is 0.257 e. The summed E-state index contributed by atoms with van der Waals surface area (Å²) in [6.07, 6.45) is 7.71. The lowest BCUT2D eigenvalue weighted by molar-refractivity contribution is 0.0685. The third kappa shape index (κ3) is 2.90. The molecule has 18 heavy (non-hydrogen) atoms. The van der Waals surface area contributed by atoms with Crippen LogP contribution in [0.1, 0.15) is 43.0 Å². The number of aromatic nitrogens is 2. The number of hydrogen-bond donors (Lipinski definition) is 2. The smallest absolute Gasteiger partial charge is 0.257 e. The van der Waals surface area contributed by atoms with Gasteiger partial charge in [0.15, 0.2) is 0 Å². The fourth-order valence-corrected chi connectivity index (χ4v) is 2.69. The molecule has 0 aromatic carbocycles. The minimum absolute atomic E-state index is 0.0654. The van der Waals surface area contributed by atoms with Crippen molar-refractivity contribution in [2.24, 2.45) is 0 Å². The number of carbonyl (C=O) groups excluding carboxylic acids is 1. The Hall–Kier alpha value is -1.36. The molecule has 100 valence electrons. The van der Waals surface area contributed by atoms with Crippen molar-refractivity contribution in [3.63, 3.8) is 0 Å². The van der Waals surface area contributed by atoms with Crippen molar-refractivity contribution in [3.05, 3.63) is 18.0 Å². The summed E-state index contributed by atoms with van der Waals surface area (Å²) in [5.41, 5.74) is 0.645. The van der Waals surface area contributed by atoms with Gasteiger partial charge >= 0.3 is 0 Å². The molecular formula is C13H22N4O. The molecule has 1 saturated carbocycles. The second-order valence-corrected chi connectivity index (χ2v) is 4.97. The number of rotatable bonds is 4. The number of aromatic amines is 1. The molecule has 1 aliphatic rings. The first-order valence-corrected chi connectivity index (χ1v) is 6.71. The Balaban J connectivity index is 1.87. The van der Waals surface area contributed by atoms with Crippen LogP contribution in [-0.2, 0) is 0 Å². The first-order chi connectivity index (χ1) is 8.72. The van der Waals surface area contributed by atoms with Gasteiger partial charge in [-0.1, -0.05) is 6.92 Å². The second kappa shape index (κ2) is 6.00. The highest BCUT2D eigenvalue weighted by Gasteiger charge is 2.26. The number of nitrogens with one attached hydrogen (secondary N) is 2. The number of carbonyl (C=O) groups is 1. The molecule has 1 heterocycles. The molecule has 0 saturated heterocycles. The summed E-state index contributed by atoms with van der Waals surface area (Å²) in [6.45, 7) is 3.17. The van der Waals surface area contributed by atoms with Crippen LogP contribution in [0, 0.1) is 0 Å². The third-order valence-electron chi connectivity index (χ3n) is 3.80. The maximum absolute atomic E-state index is 12.2. The standard InChI is InChI=1S/C13H22N4O/c1-3-14-11-4-6-12(7-5-11)17(2)13(18)10-8-15-16-9-10/h8-9,11-12,14H,3-7H2,1-2H3,(H,15,16). The van der Waals surface area contributed by atoms with E-state index in [0.717, 1.165) is 32.2 Å². The van der Waals surface area contributed by atoms with Gasteiger partial charge in [-0.25, -0.2) is 0 Å². The molecule has 1 aromatic rings. The molecule has 1 aromatic heterocycles. The zero-order valence-electron chi connectivity index (χ0n) is 11.1. The molecule has 0 unspecified atom stereocenters. The van der Waals surface area contributed by atoms with E-state index >= 15 is 0 Å². The van der Waals surface area contributed by atoms with Crippen LogP contribution in [-0.4, -0.2) is 46.7 Å². The molecule has 1 amide bonds. The summed E-state index contributed by atoms with van der Waals surface area (Å²) in [5, 5.41) is 9.99. The quantitative estimate of drug-likeness (QED) is 0.849. The molecule has 1 fully saturated rings. The van der Waals surface area contributed by atoms with Crippen molar-refractivity contribution >= 4 is 5.91 Å². The van der Waals surface area contributed by atoms with E-state index in [1.807, 2.05) is 11.9 Å². The van der Waals surface area contributed by atoms with Crippen LogP contribution in [0.25, 0.3) is 0 Å². The lowest BCUT2D eigenvalue weighted by atomic mass is 9.90. The topological polar surface area (TPSA) is 61.0 Å². The largest absolute Gasteiger partial charge is 0.339 e. The Kier molecular flexibility index (Phi) is 4.36. The van der Waals surface area contributed by atoms with Gasteiger partial charge in [0.1, 0.15) is 0 Å². The van der Waals surface area contributed by atoms with Crippen LogP contribution in [0.15, 0.2) is 12.4 Å². The Morgan fingerprint density at radius 2 is 2.22 bits per heavy atom. The van der Waals surface area contributed by atoms with Crippen LogP contribution in [0.2, 0.25) is 0 Å². The van der Waals surface area contributed by atoms with Gasteiger partial charge in [0.25, 0.3) is 5.91 Å². The van der Waals surface area contributed by atoms with Crippen LogP contribution >= 0.6 is 0 Å². The van der Waals surface area contributed by atoms with Crippen molar-refractivity contribution in [2.75, 3.05) is 13.6 Å². The molecule has 2 rings (SSSR count). The highest BCUT2D eigenvalue weighted by atomic mass is 16.2. The van der Waals surface area contributed by atoms with Gasteiger partial charge in [0.05, 0.1) is 11.8 Å². The molecule has 2 N–H and O–H groups in total. The summed E-state index contributed by atoms with van der Waals surface area (Å²) in [6, 6.07) is 0.992. The highest BCUT2D eigenvalue weighted by molar-refractivity contribution is 5.93. The first kappa shape index (κ1) is 13.1.